The van der Waals surface area contributed by atoms with Crippen molar-refractivity contribution in [2.45, 2.75) is 19.1 Å². The summed E-state index contributed by atoms with van der Waals surface area (Å²) in [6.45, 7) is -0.591. The van der Waals surface area contributed by atoms with Crippen LogP contribution in [0, 0.1) is 0 Å². The highest BCUT2D eigenvalue weighted by atomic mass is 19.4. The predicted molar refractivity (Wildman–Crippen MR) is 106 cm³/mol. The molecule has 0 radical (unpaired) electrons. The number of aliphatic carboxylic acids is 1. The van der Waals surface area contributed by atoms with Crippen LogP contribution in [-0.2, 0) is 17.5 Å². The van der Waals surface area contributed by atoms with Crippen LogP contribution in [0.15, 0.2) is 47.0 Å². The molecule has 0 spiro atoms. The van der Waals surface area contributed by atoms with Crippen LogP contribution in [-0.4, -0.2) is 41.0 Å². The summed E-state index contributed by atoms with van der Waals surface area (Å²) in [5.41, 5.74) is 0.473. The van der Waals surface area contributed by atoms with Gasteiger partial charge in [-0.1, -0.05) is 29.4 Å². The van der Waals surface area contributed by atoms with Crippen molar-refractivity contribution in [2.75, 3.05) is 19.8 Å². The maximum absolute atomic E-state index is 13.4. The summed E-state index contributed by atoms with van der Waals surface area (Å²) in [4.78, 5) is 14.7. The number of rotatable bonds is 10. The van der Waals surface area contributed by atoms with Gasteiger partial charge in [-0.3, -0.25) is 4.79 Å². The van der Waals surface area contributed by atoms with E-state index in [4.69, 9.17) is 14.4 Å². The first-order chi connectivity index (χ1) is 15.3. The van der Waals surface area contributed by atoms with Crippen molar-refractivity contribution in [1.82, 2.24) is 15.5 Å². The standard InChI is InChI=1S/C21H19F4N3O4/c22-8-10-31-17-6-5-15(11-16(17)21(23,24)25)20-27-19(28-32-20)14-3-1-13(2-4-14)12-26-9-7-18(29)30/h1-6,11,26H,7-10,12H2,(H,29,30). The number of carboxylic acids is 1. The second-order valence-electron chi connectivity index (χ2n) is 6.69. The molecule has 3 aromatic rings. The molecule has 0 fully saturated rings. The quantitative estimate of drug-likeness (QED) is 0.348. The Morgan fingerprint density at radius 1 is 1.12 bits per heavy atom. The third kappa shape index (κ3) is 6.03. The van der Waals surface area contributed by atoms with Crippen LogP contribution in [0.3, 0.4) is 0 Å². The third-order valence-corrected chi connectivity index (χ3v) is 4.35. The lowest BCUT2D eigenvalue weighted by atomic mass is 10.1. The molecule has 0 unspecified atom stereocenters. The van der Waals surface area contributed by atoms with Gasteiger partial charge < -0.3 is 19.7 Å². The molecule has 0 atom stereocenters. The van der Waals surface area contributed by atoms with Crippen molar-refractivity contribution in [2.24, 2.45) is 0 Å². The van der Waals surface area contributed by atoms with Gasteiger partial charge in [0.05, 0.1) is 12.0 Å². The zero-order chi connectivity index (χ0) is 23.1. The van der Waals surface area contributed by atoms with Gasteiger partial charge >= 0.3 is 12.1 Å². The average molecular weight is 453 g/mol. The molecule has 7 nitrogen and oxygen atoms in total. The van der Waals surface area contributed by atoms with Crippen molar-refractivity contribution >= 4 is 5.97 Å². The highest BCUT2D eigenvalue weighted by Gasteiger charge is 2.35. The Balaban J connectivity index is 1.74. The predicted octanol–water partition coefficient (Wildman–Crippen LogP) is 4.34. The topological polar surface area (TPSA) is 97.5 Å². The number of hydrogen-bond donors (Lipinski definition) is 2. The Morgan fingerprint density at radius 3 is 2.50 bits per heavy atom. The maximum Gasteiger partial charge on any atom is 0.419 e. The van der Waals surface area contributed by atoms with Gasteiger partial charge in [0.2, 0.25) is 5.82 Å². The molecular weight excluding hydrogens is 434 g/mol. The van der Waals surface area contributed by atoms with Gasteiger partial charge in [-0.15, -0.1) is 0 Å². The van der Waals surface area contributed by atoms with Crippen LogP contribution in [0.5, 0.6) is 5.75 Å². The van der Waals surface area contributed by atoms with Gasteiger partial charge in [-0.25, -0.2) is 4.39 Å². The van der Waals surface area contributed by atoms with Crippen molar-refractivity contribution < 1.29 is 36.7 Å². The molecule has 3 rings (SSSR count). The van der Waals surface area contributed by atoms with Gasteiger partial charge in [0.15, 0.2) is 0 Å². The van der Waals surface area contributed by atoms with Crippen molar-refractivity contribution in [1.29, 1.82) is 0 Å². The number of aromatic nitrogens is 2. The highest BCUT2D eigenvalue weighted by molar-refractivity contribution is 5.66. The molecule has 0 aliphatic heterocycles. The fraction of sp³-hybridized carbons (Fsp3) is 0.286. The van der Waals surface area contributed by atoms with Gasteiger partial charge in [-0.2, -0.15) is 18.2 Å². The number of ether oxygens (including phenoxy) is 1. The van der Waals surface area contributed by atoms with E-state index in [2.05, 4.69) is 15.5 Å². The van der Waals surface area contributed by atoms with Gasteiger partial charge in [0.1, 0.15) is 19.0 Å². The first-order valence-corrected chi connectivity index (χ1v) is 9.54. The monoisotopic (exact) mass is 453 g/mol. The van der Waals surface area contributed by atoms with E-state index in [1.807, 2.05) is 0 Å². The minimum absolute atomic E-state index is 0.0166. The van der Waals surface area contributed by atoms with Gasteiger partial charge in [-0.05, 0) is 23.8 Å². The van der Waals surface area contributed by atoms with Crippen LogP contribution in [0.25, 0.3) is 22.8 Å². The average Bonchev–Trinajstić information content (AvgIpc) is 3.25. The molecule has 0 saturated heterocycles. The van der Waals surface area contributed by atoms with Gasteiger partial charge in [0, 0.05) is 24.2 Å². The fourth-order valence-electron chi connectivity index (χ4n) is 2.82. The molecule has 2 aromatic carbocycles. The molecule has 0 bridgehead atoms. The van der Waals surface area contributed by atoms with Crippen LogP contribution >= 0.6 is 0 Å². The maximum atomic E-state index is 13.4. The lowest BCUT2D eigenvalue weighted by Crippen LogP contribution is -2.17. The number of halogens is 4. The van der Waals surface area contributed by atoms with E-state index >= 15 is 0 Å². The molecule has 0 aliphatic carbocycles. The van der Waals surface area contributed by atoms with Crippen LogP contribution in [0.1, 0.15) is 17.5 Å². The van der Waals surface area contributed by atoms with E-state index in [9.17, 15) is 22.4 Å². The Bertz CT molecular complexity index is 1050. The summed E-state index contributed by atoms with van der Waals surface area (Å²) in [6, 6.07) is 10.2. The fourth-order valence-corrected chi connectivity index (χ4v) is 2.82. The second-order valence-corrected chi connectivity index (χ2v) is 6.69. The third-order valence-electron chi connectivity index (χ3n) is 4.35. The van der Waals surface area contributed by atoms with Crippen LogP contribution < -0.4 is 10.1 Å². The van der Waals surface area contributed by atoms with E-state index in [0.29, 0.717) is 18.7 Å². The van der Waals surface area contributed by atoms with Crippen molar-refractivity contribution in [3.05, 3.63) is 53.6 Å². The Hall–Kier alpha value is -3.47. The number of nitrogens with one attached hydrogen (secondary N) is 1. The molecule has 0 saturated carbocycles. The molecule has 170 valence electrons. The molecule has 11 heteroatoms. The molecule has 1 heterocycles. The molecule has 0 aliphatic rings. The van der Waals surface area contributed by atoms with E-state index in [0.717, 1.165) is 17.7 Å². The molecule has 32 heavy (non-hydrogen) atoms. The Labute approximate surface area is 180 Å². The van der Waals surface area contributed by atoms with Crippen molar-refractivity contribution in [3.8, 4) is 28.6 Å². The summed E-state index contributed by atoms with van der Waals surface area (Å²) < 4.78 is 62.3. The Morgan fingerprint density at radius 2 is 1.84 bits per heavy atom. The number of nitrogens with zero attached hydrogens (tertiary/aromatic N) is 2. The Kier molecular flexibility index (Phi) is 7.41. The zero-order valence-corrected chi connectivity index (χ0v) is 16.7. The lowest BCUT2D eigenvalue weighted by molar-refractivity contribution is -0.139. The van der Waals surface area contributed by atoms with Crippen LogP contribution in [0.2, 0.25) is 0 Å². The SMILES string of the molecule is O=C(O)CCNCc1ccc(-c2noc(-c3ccc(OCCF)c(C(F)(F)F)c3)n2)cc1. The van der Waals surface area contributed by atoms with Gasteiger partial charge in [0.25, 0.3) is 5.89 Å². The van der Waals surface area contributed by atoms with Crippen molar-refractivity contribution in [3.63, 3.8) is 0 Å². The number of hydrogen-bond acceptors (Lipinski definition) is 6. The molecule has 1 aromatic heterocycles. The number of carbonyl (C=O) groups is 1. The van der Waals surface area contributed by atoms with E-state index in [1.165, 1.54) is 6.07 Å². The largest absolute Gasteiger partial charge is 0.490 e. The number of carboxylic acid groups (broad SMARTS) is 1. The lowest BCUT2D eigenvalue weighted by Gasteiger charge is -2.13. The minimum atomic E-state index is -4.71. The number of benzene rings is 2. The van der Waals surface area contributed by atoms with E-state index in [1.54, 1.807) is 24.3 Å². The normalized spacial score (nSPS) is 11.5. The zero-order valence-electron chi connectivity index (χ0n) is 16.7. The first-order valence-electron chi connectivity index (χ1n) is 9.54. The molecule has 2 N–H and O–H groups in total. The molecule has 0 amide bonds. The van der Waals surface area contributed by atoms with Crippen LogP contribution in [0.4, 0.5) is 17.6 Å². The summed E-state index contributed by atoms with van der Waals surface area (Å²) in [5.74, 6) is -1.28. The minimum Gasteiger partial charge on any atom is -0.490 e. The summed E-state index contributed by atoms with van der Waals surface area (Å²) >= 11 is 0. The number of alkyl halides is 4. The second kappa shape index (κ2) is 10.2. The highest BCUT2D eigenvalue weighted by Crippen LogP contribution is 2.38. The first kappa shape index (κ1) is 23.2. The summed E-state index contributed by atoms with van der Waals surface area (Å²) in [6.07, 6.45) is -4.69. The smallest absolute Gasteiger partial charge is 0.419 e. The van der Waals surface area contributed by atoms with E-state index < -0.39 is 36.7 Å². The molecular formula is C21H19F4N3O4. The summed E-state index contributed by atoms with van der Waals surface area (Å²) in [5, 5.41) is 15.4. The summed E-state index contributed by atoms with van der Waals surface area (Å²) in [7, 11) is 0. The van der Waals surface area contributed by atoms with E-state index in [-0.39, 0.29) is 23.7 Å².